The zero-order chi connectivity index (χ0) is 18.8. The van der Waals surface area contributed by atoms with Crippen molar-refractivity contribution in [2.75, 3.05) is 26.0 Å². The van der Waals surface area contributed by atoms with Crippen molar-refractivity contribution in [3.8, 4) is 11.5 Å². The lowest BCUT2D eigenvalue weighted by atomic mass is 10.2. The summed E-state index contributed by atoms with van der Waals surface area (Å²) in [4.78, 5) is 22.3. The van der Waals surface area contributed by atoms with E-state index in [-0.39, 0.29) is 24.0 Å². The molecule has 2 aromatic carbocycles. The molecule has 138 valence electrons. The standard InChI is InChI=1S/C18H20N2O5S/c1-24-15-7-8-17(16(11-15)20(22)23)25-12-18(21)19-9-10-26-13-14-5-3-2-4-6-14/h2-8,11H,9-10,12-13H2,1H3,(H,19,21). The second kappa shape index (κ2) is 10.3. The van der Waals surface area contributed by atoms with Crippen LogP contribution in [0.5, 0.6) is 11.5 Å². The van der Waals surface area contributed by atoms with E-state index in [1.54, 1.807) is 17.8 Å². The molecule has 8 heteroatoms. The van der Waals surface area contributed by atoms with Crippen LogP contribution in [0.1, 0.15) is 5.56 Å². The number of methoxy groups -OCH3 is 1. The number of nitro benzene ring substituents is 1. The van der Waals surface area contributed by atoms with E-state index >= 15 is 0 Å². The summed E-state index contributed by atoms with van der Waals surface area (Å²) in [5.41, 5.74) is 0.995. The van der Waals surface area contributed by atoms with Gasteiger partial charge in [-0.2, -0.15) is 11.8 Å². The number of amides is 1. The van der Waals surface area contributed by atoms with Gasteiger partial charge in [-0.1, -0.05) is 30.3 Å². The number of nitrogens with one attached hydrogen (secondary N) is 1. The number of ether oxygens (including phenoxy) is 2. The lowest BCUT2D eigenvalue weighted by molar-refractivity contribution is -0.385. The van der Waals surface area contributed by atoms with Crippen LogP contribution >= 0.6 is 11.8 Å². The normalized spacial score (nSPS) is 10.2. The van der Waals surface area contributed by atoms with Crippen molar-refractivity contribution in [1.29, 1.82) is 0 Å². The third kappa shape index (κ3) is 6.29. The second-order valence-electron chi connectivity index (χ2n) is 5.27. The third-order valence-corrected chi connectivity index (χ3v) is 4.43. The molecule has 0 atom stereocenters. The van der Waals surface area contributed by atoms with Gasteiger partial charge in [0.15, 0.2) is 12.4 Å². The zero-order valence-electron chi connectivity index (χ0n) is 14.3. The highest BCUT2D eigenvalue weighted by Crippen LogP contribution is 2.30. The lowest BCUT2D eigenvalue weighted by Crippen LogP contribution is -2.30. The molecule has 1 N–H and O–H groups in total. The van der Waals surface area contributed by atoms with Crippen LogP contribution in [0.2, 0.25) is 0 Å². The Bertz CT molecular complexity index is 740. The number of benzene rings is 2. The molecule has 0 heterocycles. The Morgan fingerprint density at radius 2 is 2.00 bits per heavy atom. The van der Waals surface area contributed by atoms with Crippen LogP contribution < -0.4 is 14.8 Å². The molecule has 0 saturated carbocycles. The maximum atomic E-state index is 11.8. The van der Waals surface area contributed by atoms with Crippen molar-refractivity contribution >= 4 is 23.4 Å². The molecule has 0 fully saturated rings. The number of carbonyl (C=O) groups excluding carboxylic acids is 1. The molecule has 2 rings (SSSR count). The fourth-order valence-electron chi connectivity index (χ4n) is 2.11. The molecule has 0 spiro atoms. The molecule has 0 aliphatic heterocycles. The third-order valence-electron chi connectivity index (χ3n) is 3.40. The average molecular weight is 376 g/mol. The summed E-state index contributed by atoms with van der Waals surface area (Å²) in [7, 11) is 1.42. The van der Waals surface area contributed by atoms with Gasteiger partial charge in [-0.25, -0.2) is 0 Å². The van der Waals surface area contributed by atoms with Gasteiger partial charge in [0.05, 0.1) is 18.1 Å². The summed E-state index contributed by atoms with van der Waals surface area (Å²) >= 11 is 1.71. The molecule has 0 saturated heterocycles. The van der Waals surface area contributed by atoms with Crippen LogP contribution in [-0.2, 0) is 10.5 Å². The Balaban J connectivity index is 1.71. The first-order valence-electron chi connectivity index (χ1n) is 7.93. The summed E-state index contributed by atoms with van der Waals surface area (Å²) < 4.78 is 10.2. The topological polar surface area (TPSA) is 90.7 Å². The molecule has 2 aromatic rings. The smallest absolute Gasteiger partial charge is 0.314 e. The van der Waals surface area contributed by atoms with Gasteiger partial charge in [-0.3, -0.25) is 14.9 Å². The molecular formula is C18H20N2O5S. The van der Waals surface area contributed by atoms with Crippen molar-refractivity contribution in [1.82, 2.24) is 5.32 Å². The minimum Gasteiger partial charge on any atom is -0.496 e. The molecule has 0 bridgehead atoms. The second-order valence-corrected chi connectivity index (χ2v) is 6.37. The largest absolute Gasteiger partial charge is 0.496 e. The van der Waals surface area contributed by atoms with Crippen LogP contribution in [0.4, 0.5) is 5.69 Å². The van der Waals surface area contributed by atoms with Crippen molar-refractivity contribution in [3.05, 3.63) is 64.2 Å². The summed E-state index contributed by atoms with van der Waals surface area (Å²) in [5.74, 6) is 1.71. The van der Waals surface area contributed by atoms with Gasteiger partial charge in [0, 0.05) is 18.1 Å². The summed E-state index contributed by atoms with van der Waals surface area (Å²) in [6, 6.07) is 14.3. The monoisotopic (exact) mass is 376 g/mol. The fourth-order valence-corrected chi connectivity index (χ4v) is 2.93. The van der Waals surface area contributed by atoms with Crippen LogP contribution in [0.15, 0.2) is 48.5 Å². The lowest BCUT2D eigenvalue weighted by Gasteiger charge is -2.09. The highest BCUT2D eigenvalue weighted by Gasteiger charge is 2.17. The Hall–Kier alpha value is -2.74. The molecule has 0 aliphatic rings. The molecular weight excluding hydrogens is 356 g/mol. The van der Waals surface area contributed by atoms with E-state index in [0.717, 1.165) is 11.5 Å². The van der Waals surface area contributed by atoms with E-state index in [2.05, 4.69) is 17.4 Å². The number of thioether (sulfide) groups is 1. The summed E-state index contributed by atoms with van der Waals surface area (Å²) in [6.07, 6.45) is 0. The van der Waals surface area contributed by atoms with E-state index in [1.807, 2.05) is 18.2 Å². The van der Waals surface area contributed by atoms with Crippen LogP contribution in [0.3, 0.4) is 0 Å². The predicted octanol–water partition coefficient (Wildman–Crippen LogP) is 3.03. The van der Waals surface area contributed by atoms with Crippen molar-refractivity contribution in [3.63, 3.8) is 0 Å². The quantitative estimate of drug-likeness (QED) is 0.389. The number of rotatable bonds is 10. The first-order valence-corrected chi connectivity index (χ1v) is 9.09. The highest BCUT2D eigenvalue weighted by atomic mass is 32.2. The number of nitrogens with zero attached hydrogens (tertiary/aromatic N) is 1. The Kier molecular flexibility index (Phi) is 7.75. The SMILES string of the molecule is COc1ccc(OCC(=O)NCCSCc2ccccc2)c([N+](=O)[O-])c1. The average Bonchev–Trinajstić information content (AvgIpc) is 2.66. The number of nitro groups is 1. The number of hydrogen-bond acceptors (Lipinski definition) is 6. The van der Waals surface area contributed by atoms with E-state index in [4.69, 9.17) is 9.47 Å². The Morgan fingerprint density at radius 3 is 2.69 bits per heavy atom. The van der Waals surface area contributed by atoms with Crippen LogP contribution in [0.25, 0.3) is 0 Å². The van der Waals surface area contributed by atoms with Gasteiger partial charge in [-0.15, -0.1) is 0 Å². The highest BCUT2D eigenvalue weighted by molar-refractivity contribution is 7.98. The summed E-state index contributed by atoms with van der Waals surface area (Å²) in [6.45, 7) is 0.223. The first kappa shape index (κ1) is 19.6. The van der Waals surface area contributed by atoms with Crippen molar-refractivity contribution in [2.24, 2.45) is 0 Å². The van der Waals surface area contributed by atoms with E-state index in [9.17, 15) is 14.9 Å². The molecule has 0 unspecified atom stereocenters. The predicted molar refractivity (Wildman–Crippen MR) is 101 cm³/mol. The van der Waals surface area contributed by atoms with Gasteiger partial charge in [0.2, 0.25) is 0 Å². The minimum absolute atomic E-state index is 0.0319. The molecule has 0 aromatic heterocycles. The van der Waals surface area contributed by atoms with Crippen LogP contribution in [0, 0.1) is 10.1 Å². The fraction of sp³-hybridized carbons (Fsp3) is 0.278. The van der Waals surface area contributed by atoms with E-state index < -0.39 is 4.92 Å². The molecule has 1 amide bonds. The Labute approximate surface area is 155 Å². The molecule has 0 aliphatic carbocycles. The molecule has 0 radical (unpaired) electrons. The van der Waals surface area contributed by atoms with E-state index in [0.29, 0.717) is 12.3 Å². The first-order chi connectivity index (χ1) is 12.6. The minimum atomic E-state index is -0.573. The maximum absolute atomic E-state index is 11.8. The number of carbonyl (C=O) groups is 1. The van der Waals surface area contributed by atoms with Crippen molar-refractivity contribution in [2.45, 2.75) is 5.75 Å². The van der Waals surface area contributed by atoms with Gasteiger partial charge in [0.1, 0.15) is 5.75 Å². The zero-order valence-corrected chi connectivity index (χ0v) is 15.2. The Morgan fingerprint density at radius 1 is 1.23 bits per heavy atom. The van der Waals surface area contributed by atoms with Crippen LogP contribution in [-0.4, -0.2) is 36.8 Å². The van der Waals surface area contributed by atoms with E-state index in [1.165, 1.54) is 24.8 Å². The molecule has 26 heavy (non-hydrogen) atoms. The van der Waals surface area contributed by atoms with Gasteiger partial charge >= 0.3 is 5.69 Å². The number of hydrogen-bond donors (Lipinski definition) is 1. The van der Waals surface area contributed by atoms with Gasteiger partial charge in [0.25, 0.3) is 5.91 Å². The maximum Gasteiger partial charge on any atom is 0.314 e. The molecule has 7 nitrogen and oxygen atoms in total. The van der Waals surface area contributed by atoms with Gasteiger partial charge in [-0.05, 0) is 17.7 Å². The van der Waals surface area contributed by atoms with Crippen molar-refractivity contribution < 1.29 is 19.2 Å². The van der Waals surface area contributed by atoms with Gasteiger partial charge < -0.3 is 14.8 Å². The summed E-state index contributed by atoms with van der Waals surface area (Å²) in [5, 5.41) is 13.8.